The van der Waals surface area contributed by atoms with Crippen LogP contribution in [-0.2, 0) is 9.59 Å². The van der Waals surface area contributed by atoms with E-state index >= 15 is 0 Å². The lowest BCUT2D eigenvalue weighted by Gasteiger charge is -2.29. The Morgan fingerprint density at radius 2 is 1.63 bits per heavy atom. The summed E-state index contributed by atoms with van der Waals surface area (Å²) in [7, 11) is 0. The first kappa shape index (κ1) is 17.6. The summed E-state index contributed by atoms with van der Waals surface area (Å²) in [6, 6.07) is 15.0. The second-order valence-corrected chi connectivity index (χ2v) is 7.22. The van der Waals surface area contributed by atoms with E-state index < -0.39 is 35.9 Å². The molecule has 4 rings (SSSR count). The van der Waals surface area contributed by atoms with Gasteiger partial charge < -0.3 is 5.32 Å². The normalized spacial score (nSPS) is 18.7. The van der Waals surface area contributed by atoms with Crippen LogP contribution in [0.5, 0.6) is 0 Å². The molecule has 4 nitrogen and oxygen atoms in total. The van der Waals surface area contributed by atoms with E-state index in [1.807, 2.05) is 48.5 Å². The van der Waals surface area contributed by atoms with Crippen LogP contribution in [0.2, 0.25) is 0 Å². The number of nitrogens with zero attached hydrogens (tertiary/aromatic N) is 1. The van der Waals surface area contributed by atoms with Crippen molar-refractivity contribution in [2.45, 2.75) is 22.3 Å². The monoisotopic (exact) mass is 384 g/mol. The van der Waals surface area contributed by atoms with Crippen LogP contribution in [0.3, 0.4) is 0 Å². The number of allylic oxidation sites excluding steroid dienone is 1. The third-order valence-electron chi connectivity index (χ3n) is 4.44. The minimum absolute atomic E-state index is 0.423. The van der Waals surface area contributed by atoms with E-state index in [4.69, 9.17) is 0 Å². The zero-order chi connectivity index (χ0) is 19.0. The number of alkyl halides is 2. The Morgan fingerprint density at radius 3 is 2.19 bits per heavy atom. The Hall–Kier alpha value is -2.80. The quantitative estimate of drug-likeness (QED) is 0.820. The van der Waals surface area contributed by atoms with Gasteiger partial charge in [-0.15, -0.1) is 0 Å². The second kappa shape index (κ2) is 7.08. The Bertz CT molecular complexity index is 942. The van der Waals surface area contributed by atoms with Crippen LogP contribution in [0, 0.1) is 5.92 Å². The van der Waals surface area contributed by atoms with Gasteiger partial charge in [0.05, 0.1) is 6.04 Å². The minimum Gasteiger partial charge on any atom is -0.344 e. The first-order chi connectivity index (χ1) is 13.0. The number of dihydropyridines is 1. The zero-order valence-corrected chi connectivity index (χ0v) is 14.7. The molecule has 1 unspecified atom stereocenters. The molecule has 2 aromatic rings. The largest absolute Gasteiger partial charge is 0.344 e. The molecule has 27 heavy (non-hydrogen) atoms. The molecule has 2 aliphatic heterocycles. The molecule has 2 heterocycles. The summed E-state index contributed by atoms with van der Waals surface area (Å²) in [5.41, 5.74) is 1.24. The van der Waals surface area contributed by atoms with Crippen LogP contribution >= 0.6 is 11.8 Å². The summed E-state index contributed by atoms with van der Waals surface area (Å²) in [5, 5.41) is 2.89. The summed E-state index contributed by atoms with van der Waals surface area (Å²) < 4.78 is 25.4. The maximum Gasteiger partial charge on any atom is 0.280 e. The maximum atomic E-state index is 12.7. The number of carbonyl (C=O) groups excluding carboxylic acids is 2. The smallest absolute Gasteiger partial charge is 0.280 e. The van der Waals surface area contributed by atoms with Gasteiger partial charge in [0, 0.05) is 9.79 Å². The van der Waals surface area contributed by atoms with Crippen LogP contribution in [0.4, 0.5) is 8.78 Å². The molecule has 1 atom stereocenters. The van der Waals surface area contributed by atoms with Crippen LogP contribution in [0.25, 0.3) is 0 Å². The van der Waals surface area contributed by atoms with Gasteiger partial charge in [-0.2, -0.15) is 0 Å². The average Bonchev–Trinajstić information content (AvgIpc) is 2.67. The maximum absolute atomic E-state index is 12.7. The summed E-state index contributed by atoms with van der Waals surface area (Å²) in [6.45, 7) is 0. The van der Waals surface area contributed by atoms with Crippen molar-refractivity contribution >= 4 is 29.3 Å². The first-order valence-corrected chi connectivity index (χ1v) is 9.11. The molecule has 7 heteroatoms. The minimum atomic E-state index is -2.84. The van der Waals surface area contributed by atoms with E-state index in [1.165, 1.54) is 6.08 Å². The zero-order valence-electron chi connectivity index (χ0n) is 13.9. The van der Waals surface area contributed by atoms with Crippen molar-refractivity contribution in [3.05, 3.63) is 71.8 Å². The van der Waals surface area contributed by atoms with Crippen LogP contribution in [0.15, 0.2) is 75.5 Å². The molecule has 0 radical (unpaired) electrons. The summed E-state index contributed by atoms with van der Waals surface area (Å²) >= 11 is 1.62. The van der Waals surface area contributed by atoms with Gasteiger partial charge in [-0.3, -0.25) is 9.59 Å². The molecule has 1 N–H and O–H groups in total. The van der Waals surface area contributed by atoms with Crippen molar-refractivity contribution in [2.24, 2.45) is 10.9 Å². The van der Waals surface area contributed by atoms with Crippen molar-refractivity contribution < 1.29 is 18.4 Å². The molecule has 136 valence electrons. The highest BCUT2D eigenvalue weighted by Crippen LogP contribution is 2.44. The van der Waals surface area contributed by atoms with Crippen LogP contribution in [-0.4, -0.2) is 24.0 Å². The fraction of sp³-hybridized carbons (Fsp3) is 0.150. The van der Waals surface area contributed by atoms with Crippen LogP contribution < -0.4 is 5.32 Å². The average molecular weight is 384 g/mol. The SMILES string of the molecule is O=C1N=C(C(F)F)C=CC1C(=O)NC1c2ccccc2Sc2ccccc21. The molecule has 2 aliphatic rings. The highest BCUT2D eigenvalue weighted by atomic mass is 32.2. The lowest BCUT2D eigenvalue weighted by atomic mass is 9.96. The van der Waals surface area contributed by atoms with E-state index in [2.05, 4.69) is 10.3 Å². The van der Waals surface area contributed by atoms with Crippen molar-refractivity contribution in [1.29, 1.82) is 0 Å². The molecule has 0 aromatic heterocycles. The van der Waals surface area contributed by atoms with Crippen molar-refractivity contribution in [1.82, 2.24) is 5.32 Å². The fourth-order valence-corrected chi connectivity index (χ4v) is 4.27. The highest BCUT2D eigenvalue weighted by molar-refractivity contribution is 7.99. The topological polar surface area (TPSA) is 58.5 Å². The predicted molar refractivity (Wildman–Crippen MR) is 98.1 cm³/mol. The lowest BCUT2D eigenvalue weighted by molar-refractivity contribution is -0.131. The summed E-state index contributed by atoms with van der Waals surface area (Å²) in [5.74, 6) is -2.65. The van der Waals surface area contributed by atoms with E-state index in [1.54, 1.807) is 11.8 Å². The third-order valence-corrected chi connectivity index (χ3v) is 5.62. The number of benzene rings is 2. The Kier molecular flexibility index (Phi) is 4.61. The van der Waals surface area contributed by atoms with E-state index in [9.17, 15) is 18.4 Å². The lowest BCUT2D eigenvalue weighted by Crippen LogP contribution is -2.39. The van der Waals surface area contributed by atoms with Gasteiger partial charge in [0.1, 0.15) is 11.6 Å². The molecular formula is C20H14F2N2O2S. The molecule has 0 saturated heterocycles. The van der Waals surface area contributed by atoms with Gasteiger partial charge in [0.25, 0.3) is 12.3 Å². The molecule has 2 amide bonds. The van der Waals surface area contributed by atoms with E-state index in [0.29, 0.717) is 0 Å². The number of fused-ring (bicyclic) bond motifs is 2. The van der Waals surface area contributed by atoms with Gasteiger partial charge in [-0.05, 0) is 29.3 Å². The van der Waals surface area contributed by atoms with E-state index in [-0.39, 0.29) is 0 Å². The van der Waals surface area contributed by atoms with Gasteiger partial charge in [-0.25, -0.2) is 13.8 Å². The standard InChI is InChI=1S/C20H14F2N2O2S/c21-18(22)14-10-9-13(19(25)23-14)20(26)24-17-11-5-1-3-7-15(11)27-16-8-4-2-6-12(16)17/h1-10,13,17-18H,(H,24,26). The molecule has 0 saturated carbocycles. The summed E-state index contributed by atoms with van der Waals surface area (Å²) in [4.78, 5) is 30.2. The summed E-state index contributed by atoms with van der Waals surface area (Å²) in [6.07, 6.45) is -0.625. The number of hydrogen-bond acceptors (Lipinski definition) is 3. The third kappa shape index (κ3) is 3.30. The molecule has 0 fully saturated rings. The Morgan fingerprint density at radius 1 is 1.04 bits per heavy atom. The molecule has 0 aliphatic carbocycles. The number of nitrogens with one attached hydrogen (secondary N) is 1. The fourth-order valence-electron chi connectivity index (χ4n) is 3.13. The number of hydrogen-bond donors (Lipinski definition) is 1. The van der Waals surface area contributed by atoms with Crippen LogP contribution in [0.1, 0.15) is 17.2 Å². The Labute approximate surface area is 158 Å². The van der Waals surface area contributed by atoms with Crippen molar-refractivity contribution in [3.63, 3.8) is 0 Å². The number of rotatable bonds is 3. The van der Waals surface area contributed by atoms with Gasteiger partial charge in [0.2, 0.25) is 5.91 Å². The van der Waals surface area contributed by atoms with Crippen molar-refractivity contribution in [3.8, 4) is 0 Å². The molecule has 2 aromatic carbocycles. The molecule has 0 spiro atoms. The van der Waals surface area contributed by atoms with Crippen molar-refractivity contribution in [2.75, 3.05) is 0 Å². The predicted octanol–water partition coefficient (Wildman–Crippen LogP) is 3.78. The first-order valence-electron chi connectivity index (χ1n) is 8.29. The number of halogens is 2. The number of carbonyl (C=O) groups is 2. The van der Waals surface area contributed by atoms with Gasteiger partial charge in [-0.1, -0.05) is 54.2 Å². The molecule has 0 bridgehead atoms. The number of amides is 2. The highest BCUT2D eigenvalue weighted by Gasteiger charge is 2.33. The van der Waals surface area contributed by atoms with E-state index in [0.717, 1.165) is 27.0 Å². The molecular weight excluding hydrogens is 370 g/mol. The second-order valence-electron chi connectivity index (χ2n) is 6.13. The van der Waals surface area contributed by atoms with Gasteiger partial charge >= 0.3 is 0 Å². The number of aliphatic imine (C=N–C) groups is 1. The van der Waals surface area contributed by atoms with Gasteiger partial charge in [0.15, 0.2) is 0 Å². The Balaban J connectivity index is 1.63.